The Morgan fingerprint density at radius 2 is 1.67 bits per heavy atom. The lowest BCUT2D eigenvalue weighted by Gasteiger charge is -2.21. The molecule has 2 aromatic rings. The van der Waals surface area contributed by atoms with Crippen molar-refractivity contribution in [1.82, 2.24) is 5.32 Å². The molecule has 1 fully saturated rings. The number of benzene rings is 2. The molecular weight excluding hydrogens is 256 g/mol. The summed E-state index contributed by atoms with van der Waals surface area (Å²) in [5.74, 6) is 0. The second-order valence-corrected chi connectivity index (χ2v) is 6.16. The highest BCUT2D eigenvalue weighted by molar-refractivity contribution is 5.63. The van der Waals surface area contributed by atoms with Gasteiger partial charge in [-0.05, 0) is 62.1 Å². The molecule has 110 valence electrons. The van der Waals surface area contributed by atoms with Crippen LogP contribution in [0.4, 0.5) is 11.4 Å². The van der Waals surface area contributed by atoms with E-state index in [9.17, 15) is 0 Å². The summed E-state index contributed by atoms with van der Waals surface area (Å²) in [4.78, 5) is 2.24. The molecule has 2 aromatic carbocycles. The molecule has 0 saturated heterocycles. The van der Waals surface area contributed by atoms with Gasteiger partial charge in [-0.15, -0.1) is 0 Å². The summed E-state index contributed by atoms with van der Waals surface area (Å²) >= 11 is 0. The van der Waals surface area contributed by atoms with Gasteiger partial charge in [-0.2, -0.15) is 0 Å². The lowest BCUT2D eigenvalue weighted by atomic mass is 10.1. The number of nitrogens with zero attached hydrogens (tertiary/aromatic N) is 1. The van der Waals surface area contributed by atoms with Gasteiger partial charge in [-0.25, -0.2) is 0 Å². The molecule has 0 amide bonds. The fraction of sp³-hybridized carbons (Fsp3) is 0.368. The average molecular weight is 280 g/mol. The normalized spacial score (nSPS) is 14.2. The van der Waals surface area contributed by atoms with Crippen LogP contribution < -0.4 is 10.2 Å². The number of hydrogen-bond donors (Lipinski definition) is 1. The van der Waals surface area contributed by atoms with Crippen LogP contribution in [0.15, 0.2) is 42.5 Å². The van der Waals surface area contributed by atoms with Crippen LogP contribution in [0.25, 0.3) is 0 Å². The first kappa shape index (κ1) is 14.2. The molecule has 2 heteroatoms. The predicted octanol–water partition coefficient (Wildman–Crippen LogP) is 4.32. The Kier molecular flexibility index (Phi) is 3.98. The summed E-state index contributed by atoms with van der Waals surface area (Å²) in [6, 6.07) is 16.2. The highest BCUT2D eigenvalue weighted by atomic mass is 15.1. The van der Waals surface area contributed by atoms with Gasteiger partial charge in [-0.3, -0.25) is 0 Å². The van der Waals surface area contributed by atoms with Crippen LogP contribution in [-0.2, 0) is 6.54 Å². The Morgan fingerprint density at radius 3 is 2.29 bits per heavy atom. The summed E-state index contributed by atoms with van der Waals surface area (Å²) < 4.78 is 0. The van der Waals surface area contributed by atoms with Crippen molar-refractivity contribution in [3.05, 3.63) is 59.2 Å². The second kappa shape index (κ2) is 5.90. The SMILES string of the molecule is Cc1ccc(N(C)c2ccc(CNC3CC3)c(C)c2)cc1. The maximum atomic E-state index is 3.59. The zero-order valence-electron chi connectivity index (χ0n) is 13.2. The zero-order valence-corrected chi connectivity index (χ0v) is 13.2. The minimum Gasteiger partial charge on any atom is -0.345 e. The topological polar surface area (TPSA) is 15.3 Å². The maximum absolute atomic E-state index is 3.59. The van der Waals surface area contributed by atoms with Crippen molar-refractivity contribution in [3.8, 4) is 0 Å². The van der Waals surface area contributed by atoms with E-state index in [1.54, 1.807) is 0 Å². The first-order valence-corrected chi connectivity index (χ1v) is 7.77. The van der Waals surface area contributed by atoms with E-state index in [1.807, 2.05) is 0 Å². The van der Waals surface area contributed by atoms with Gasteiger partial charge in [0.1, 0.15) is 0 Å². The Labute approximate surface area is 127 Å². The third-order valence-corrected chi connectivity index (χ3v) is 4.29. The molecule has 1 N–H and O–H groups in total. The monoisotopic (exact) mass is 280 g/mol. The molecule has 0 heterocycles. The molecule has 0 unspecified atom stereocenters. The quantitative estimate of drug-likeness (QED) is 0.877. The molecule has 0 bridgehead atoms. The molecule has 3 rings (SSSR count). The first-order chi connectivity index (χ1) is 10.1. The van der Waals surface area contributed by atoms with Gasteiger partial charge in [0, 0.05) is 31.0 Å². The minimum absolute atomic E-state index is 0.763. The van der Waals surface area contributed by atoms with Crippen LogP contribution >= 0.6 is 0 Å². The number of hydrogen-bond acceptors (Lipinski definition) is 2. The van der Waals surface area contributed by atoms with Crippen molar-refractivity contribution < 1.29 is 0 Å². The Morgan fingerprint density at radius 1 is 1.00 bits per heavy atom. The predicted molar refractivity (Wildman–Crippen MR) is 90.3 cm³/mol. The average Bonchev–Trinajstić information content (AvgIpc) is 3.30. The fourth-order valence-corrected chi connectivity index (χ4v) is 2.55. The molecule has 1 aliphatic carbocycles. The molecule has 0 aromatic heterocycles. The van der Waals surface area contributed by atoms with E-state index in [2.05, 4.69) is 73.6 Å². The van der Waals surface area contributed by atoms with Gasteiger partial charge in [0.15, 0.2) is 0 Å². The second-order valence-electron chi connectivity index (χ2n) is 6.16. The van der Waals surface area contributed by atoms with Gasteiger partial charge in [0.05, 0.1) is 0 Å². The van der Waals surface area contributed by atoms with Gasteiger partial charge in [0.25, 0.3) is 0 Å². The van der Waals surface area contributed by atoms with E-state index < -0.39 is 0 Å². The third-order valence-electron chi connectivity index (χ3n) is 4.29. The standard InChI is InChI=1S/C19H24N2/c1-14-4-9-18(10-5-14)21(3)19-11-6-16(15(2)12-19)13-20-17-7-8-17/h4-6,9-12,17,20H,7-8,13H2,1-3H3. The van der Waals surface area contributed by atoms with Crippen molar-refractivity contribution in [2.24, 2.45) is 0 Å². The number of nitrogens with one attached hydrogen (secondary N) is 1. The van der Waals surface area contributed by atoms with E-state index in [0.29, 0.717) is 0 Å². The molecule has 21 heavy (non-hydrogen) atoms. The van der Waals surface area contributed by atoms with Crippen LogP contribution in [-0.4, -0.2) is 13.1 Å². The maximum Gasteiger partial charge on any atom is 0.0410 e. The van der Waals surface area contributed by atoms with Crippen LogP contribution in [0.5, 0.6) is 0 Å². The summed E-state index contributed by atoms with van der Waals surface area (Å²) in [5, 5.41) is 3.59. The number of aryl methyl sites for hydroxylation is 2. The minimum atomic E-state index is 0.763. The molecule has 1 saturated carbocycles. The van der Waals surface area contributed by atoms with E-state index >= 15 is 0 Å². The van der Waals surface area contributed by atoms with Gasteiger partial charge < -0.3 is 10.2 Å². The van der Waals surface area contributed by atoms with E-state index in [0.717, 1.165) is 12.6 Å². The highest BCUT2D eigenvalue weighted by Gasteiger charge is 2.20. The zero-order chi connectivity index (χ0) is 14.8. The fourth-order valence-electron chi connectivity index (χ4n) is 2.55. The van der Waals surface area contributed by atoms with E-state index in [4.69, 9.17) is 0 Å². The van der Waals surface area contributed by atoms with E-state index in [1.165, 1.54) is 40.9 Å². The molecule has 2 nitrogen and oxygen atoms in total. The highest BCUT2D eigenvalue weighted by Crippen LogP contribution is 2.26. The van der Waals surface area contributed by atoms with Crippen LogP contribution in [0.1, 0.15) is 29.5 Å². The molecule has 0 spiro atoms. The van der Waals surface area contributed by atoms with Crippen molar-refractivity contribution >= 4 is 11.4 Å². The molecule has 0 aliphatic heterocycles. The lowest BCUT2D eigenvalue weighted by Crippen LogP contribution is -2.16. The van der Waals surface area contributed by atoms with Gasteiger partial charge >= 0.3 is 0 Å². The van der Waals surface area contributed by atoms with Crippen LogP contribution in [0, 0.1) is 13.8 Å². The summed E-state index contributed by atoms with van der Waals surface area (Å²) in [7, 11) is 2.13. The van der Waals surface area contributed by atoms with E-state index in [-0.39, 0.29) is 0 Å². The van der Waals surface area contributed by atoms with Crippen molar-refractivity contribution in [2.75, 3.05) is 11.9 Å². The molecule has 1 aliphatic rings. The molecular formula is C19H24N2. The van der Waals surface area contributed by atoms with Gasteiger partial charge in [-0.1, -0.05) is 23.8 Å². The van der Waals surface area contributed by atoms with Crippen molar-refractivity contribution in [2.45, 2.75) is 39.3 Å². The number of anilines is 2. The smallest absolute Gasteiger partial charge is 0.0410 e. The summed E-state index contributed by atoms with van der Waals surface area (Å²) in [6.45, 7) is 5.32. The van der Waals surface area contributed by atoms with Crippen LogP contribution in [0.2, 0.25) is 0 Å². The Hall–Kier alpha value is -1.80. The van der Waals surface area contributed by atoms with Gasteiger partial charge in [0.2, 0.25) is 0 Å². The largest absolute Gasteiger partial charge is 0.345 e. The van der Waals surface area contributed by atoms with Crippen LogP contribution in [0.3, 0.4) is 0 Å². The number of rotatable bonds is 5. The summed E-state index contributed by atoms with van der Waals surface area (Å²) in [5.41, 5.74) is 6.53. The first-order valence-electron chi connectivity index (χ1n) is 7.77. The Bertz CT molecular complexity index is 612. The lowest BCUT2D eigenvalue weighted by molar-refractivity contribution is 0.685. The van der Waals surface area contributed by atoms with Crippen molar-refractivity contribution in [1.29, 1.82) is 0 Å². The molecule has 0 radical (unpaired) electrons. The Balaban J connectivity index is 1.75. The van der Waals surface area contributed by atoms with Crippen molar-refractivity contribution in [3.63, 3.8) is 0 Å². The third kappa shape index (κ3) is 3.45. The summed E-state index contributed by atoms with van der Waals surface area (Å²) in [6.07, 6.45) is 2.68. The molecule has 0 atom stereocenters.